The minimum absolute atomic E-state index is 0.0589. The molecule has 0 radical (unpaired) electrons. The molecule has 1 aromatic heterocycles. The van der Waals surface area contributed by atoms with Crippen LogP contribution in [0.15, 0.2) is 118 Å². The summed E-state index contributed by atoms with van der Waals surface area (Å²) < 4.78 is 39.9. The van der Waals surface area contributed by atoms with E-state index in [0.717, 1.165) is 16.7 Å². The van der Waals surface area contributed by atoms with Crippen LogP contribution in [0.25, 0.3) is 0 Å². The van der Waals surface area contributed by atoms with Crippen molar-refractivity contribution in [3.63, 3.8) is 0 Å². The Kier molecular flexibility index (Phi) is 7.77. The second-order valence-corrected chi connectivity index (χ2v) is 9.82. The van der Waals surface area contributed by atoms with Crippen molar-refractivity contribution in [1.29, 1.82) is 0 Å². The van der Waals surface area contributed by atoms with Gasteiger partial charge in [-0.15, -0.1) is 0 Å². The maximum Gasteiger partial charge on any atom is 0.332 e. The van der Waals surface area contributed by atoms with Crippen LogP contribution in [-0.2, 0) is 19.6 Å². The summed E-state index contributed by atoms with van der Waals surface area (Å²) in [6, 6.07) is 25.9. The summed E-state index contributed by atoms with van der Waals surface area (Å²) in [5.74, 6) is -0.488. The van der Waals surface area contributed by atoms with Gasteiger partial charge in [0, 0.05) is 11.1 Å². The van der Waals surface area contributed by atoms with Gasteiger partial charge in [-0.25, -0.2) is 13.2 Å². The summed E-state index contributed by atoms with van der Waals surface area (Å²) in [7, 11) is -2.80. The van der Waals surface area contributed by atoms with Gasteiger partial charge in [-0.1, -0.05) is 78.4 Å². The molecule has 0 aliphatic heterocycles. The van der Waals surface area contributed by atoms with E-state index in [1.807, 2.05) is 67.6 Å². The Morgan fingerprint density at radius 2 is 1.44 bits per heavy atom. The second-order valence-electron chi connectivity index (χ2n) is 8.11. The van der Waals surface area contributed by atoms with Crippen molar-refractivity contribution in [2.24, 2.45) is 4.99 Å². The van der Waals surface area contributed by atoms with Crippen LogP contribution in [0.3, 0.4) is 0 Å². The molecule has 0 saturated heterocycles. The first kappa shape index (κ1) is 25.1. The van der Waals surface area contributed by atoms with E-state index in [1.54, 1.807) is 24.3 Å². The van der Waals surface area contributed by atoms with Crippen LogP contribution in [0.5, 0.6) is 0 Å². The molecule has 3 aromatic carbocycles. The molecule has 0 spiro atoms. The normalized spacial score (nSPS) is 12.9. The SMILES string of the molecule is COC(=O)[C@H](N=C(c1ccccc1)c1ccccc1)[C@@H](NS(=O)(=O)c1ccc(C)cc1)c1ccco1. The lowest BCUT2D eigenvalue weighted by Crippen LogP contribution is -2.40. The highest BCUT2D eigenvalue weighted by Gasteiger charge is 2.36. The average molecular weight is 503 g/mol. The molecule has 36 heavy (non-hydrogen) atoms. The minimum atomic E-state index is -4.04. The maximum atomic E-state index is 13.3. The van der Waals surface area contributed by atoms with Crippen LogP contribution >= 0.6 is 0 Å². The van der Waals surface area contributed by atoms with Gasteiger partial charge in [0.05, 0.1) is 24.0 Å². The number of hydrogen-bond acceptors (Lipinski definition) is 6. The first-order valence-corrected chi connectivity index (χ1v) is 12.8. The molecule has 4 aromatic rings. The molecule has 7 nitrogen and oxygen atoms in total. The van der Waals surface area contributed by atoms with E-state index < -0.39 is 28.1 Å². The molecule has 1 N–H and O–H groups in total. The first-order chi connectivity index (χ1) is 17.4. The smallest absolute Gasteiger partial charge is 0.332 e. The Balaban J connectivity index is 1.85. The summed E-state index contributed by atoms with van der Waals surface area (Å²) in [6.07, 6.45) is 1.41. The van der Waals surface area contributed by atoms with Crippen molar-refractivity contribution < 1.29 is 22.4 Å². The number of aryl methyl sites for hydroxylation is 1. The number of aliphatic imine (C=N–C) groups is 1. The van der Waals surface area contributed by atoms with E-state index in [9.17, 15) is 13.2 Å². The molecular weight excluding hydrogens is 476 g/mol. The summed E-state index contributed by atoms with van der Waals surface area (Å²) in [6.45, 7) is 1.87. The van der Waals surface area contributed by atoms with Gasteiger partial charge in [-0.3, -0.25) is 4.99 Å². The van der Waals surface area contributed by atoms with Gasteiger partial charge in [0.15, 0.2) is 6.04 Å². The molecule has 1 heterocycles. The highest BCUT2D eigenvalue weighted by molar-refractivity contribution is 7.89. The van der Waals surface area contributed by atoms with E-state index in [0.29, 0.717) is 5.71 Å². The number of nitrogens with zero attached hydrogens (tertiary/aromatic N) is 1. The van der Waals surface area contributed by atoms with Crippen molar-refractivity contribution in [3.8, 4) is 0 Å². The number of rotatable bonds is 9. The van der Waals surface area contributed by atoms with Gasteiger partial charge in [0.1, 0.15) is 11.8 Å². The molecule has 184 valence electrons. The Labute approximate surface area is 210 Å². The topological polar surface area (TPSA) is 98.0 Å². The fourth-order valence-corrected chi connectivity index (χ4v) is 4.94. The summed E-state index contributed by atoms with van der Waals surface area (Å²) >= 11 is 0. The molecule has 0 unspecified atom stereocenters. The van der Waals surface area contributed by atoms with Crippen molar-refractivity contribution in [3.05, 3.63) is 126 Å². The molecule has 0 aliphatic carbocycles. The molecule has 2 atom stereocenters. The monoisotopic (exact) mass is 502 g/mol. The van der Waals surface area contributed by atoms with Crippen LogP contribution in [0.4, 0.5) is 0 Å². The Morgan fingerprint density at radius 1 is 0.861 bits per heavy atom. The lowest BCUT2D eigenvalue weighted by molar-refractivity contribution is -0.142. The van der Waals surface area contributed by atoms with Gasteiger partial charge in [-0.05, 0) is 31.2 Å². The van der Waals surface area contributed by atoms with E-state index in [2.05, 4.69) is 4.72 Å². The van der Waals surface area contributed by atoms with E-state index in [-0.39, 0.29) is 10.7 Å². The lowest BCUT2D eigenvalue weighted by atomic mass is 10.0. The van der Waals surface area contributed by atoms with Crippen LogP contribution in [-0.4, -0.2) is 33.3 Å². The summed E-state index contributed by atoms with van der Waals surface area (Å²) in [5.41, 5.74) is 2.95. The average Bonchev–Trinajstić information content (AvgIpc) is 3.44. The van der Waals surface area contributed by atoms with Crippen molar-refractivity contribution >= 4 is 21.7 Å². The van der Waals surface area contributed by atoms with Crippen LogP contribution in [0.2, 0.25) is 0 Å². The lowest BCUT2D eigenvalue weighted by Gasteiger charge is -2.23. The zero-order chi connectivity index (χ0) is 25.5. The molecular formula is C28H26N2O5S. The van der Waals surface area contributed by atoms with Gasteiger partial charge in [-0.2, -0.15) is 4.72 Å². The largest absolute Gasteiger partial charge is 0.468 e. The van der Waals surface area contributed by atoms with Crippen molar-refractivity contribution in [2.45, 2.75) is 23.9 Å². The molecule has 0 amide bonds. The number of nitrogens with one attached hydrogen (secondary N) is 1. The van der Waals surface area contributed by atoms with Crippen molar-refractivity contribution in [2.75, 3.05) is 7.11 Å². The highest BCUT2D eigenvalue weighted by Crippen LogP contribution is 2.26. The summed E-state index contributed by atoms with van der Waals surface area (Å²) in [5, 5.41) is 0. The number of benzene rings is 3. The standard InChI is InChI=1S/C28H26N2O5S/c1-20-15-17-23(18-16-20)36(32,33)30-26(24-14-9-19-35-24)27(28(31)34-2)29-25(21-10-5-3-6-11-21)22-12-7-4-8-13-22/h3-19,26-27,30H,1-2H3/t26-,27+/m0/s1. The Hall–Kier alpha value is -4.01. The molecule has 8 heteroatoms. The third-order valence-corrected chi connectivity index (χ3v) is 7.04. The molecule has 0 saturated carbocycles. The van der Waals surface area contributed by atoms with Crippen molar-refractivity contribution in [1.82, 2.24) is 4.72 Å². The number of ether oxygens (including phenoxy) is 1. The quantitative estimate of drug-likeness (QED) is 0.265. The molecule has 4 rings (SSSR count). The van der Waals surface area contributed by atoms with E-state index in [1.165, 1.54) is 25.5 Å². The molecule has 0 fully saturated rings. The summed E-state index contributed by atoms with van der Waals surface area (Å²) in [4.78, 5) is 18.0. The second kappa shape index (κ2) is 11.2. The van der Waals surface area contributed by atoms with Gasteiger partial charge in [0.2, 0.25) is 10.0 Å². The van der Waals surface area contributed by atoms with E-state index in [4.69, 9.17) is 14.1 Å². The van der Waals surface area contributed by atoms with Crippen LogP contribution in [0.1, 0.15) is 28.5 Å². The van der Waals surface area contributed by atoms with Crippen LogP contribution in [0, 0.1) is 6.92 Å². The number of carbonyl (C=O) groups is 1. The highest BCUT2D eigenvalue weighted by atomic mass is 32.2. The molecule has 0 aliphatic rings. The van der Waals surface area contributed by atoms with Gasteiger partial charge >= 0.3 is 5.97 Å². The number of carbonyl (C=O) groups excluding carboxylic acids is 1. The first-order valence-electron chi connectivity index (χ1n) is 11.3. The van der Waals surface area contributed by atoms with Crippen LogP contribution < -0.4 is 4.72 Å². The van der Waals surface area contributed by atoms with Gasteiger partial charge in [0.25, 0.3) is 0 Å². The van der Waals surface area contributed by atoms with Gasteiger partial charge < -0.3 is 9.15 Å². The minimum Gasteiger partial charge on any atom is -0.468 e. The fourth-order valence-electron chi connectivity index (χ4n) is 3.73. The number of esters is 1. The Bertz CT molecular complexity index is 1380. The predicted molar refractivity (Wildman–Crippen MR) is 137 cm³/mol. The molecule has 0 bridgehead atoms. The number of sulfonamides is 1. The zero-order valence-electron chi connectivity index (χ0n) is 19.9. The number of methoxy groups -OCH3 is 1. The fraction of sp³-hybridized carbons (Fsp3) is 0.143. The number of hydrogen-bond donors (Lipinski definition) is 1. The van der Waals surface area contributed by atoms with E-state index >= 15 is 0 Å². The number of furan rings is 1. The Morgan fingerprint density at radius 3 is 1.94 bits per heavy atom. The predicted octanol–water partition coefficient (Wildman–Crippen LogP) is 4.69. The third-order valence-electron chi connectivity index (χ3n) is 5.58. The third kappa shape index (κ3) is 5.79. The zero-order valence-corrected chi connectivity index (χ0v) is 20.7. The maximum absolute atomic E-state index is 13.3.